The Kier molecular flexibility index (Phi) is 13.1. The highest BCUT2D eigenvalue weighted by Crippen LogP contribution is 2.47. The van der Waals surface area contributed by atoms with Crippen molar-refractivity contribution in [3.63, 3.8) is 0 Å². The van der Waals surface area contributed by atoms with Crippen LogP contribution in [0.3, 0.4) is 0 Å². The maximum atomic E-state index is 6.58. The minimum absolute atomic E-state index is 0.588. The molecule has 4 heteroatoms. The van der Waals surface area contributed by atoms with Crippen LogP contribution in [0.2, 0.25) is 33.2 Å². The number of hydrogen-bond acceptors (Lipinski definition) is 2. The lowest BCUT2D eigenvalue weighted by Gasteiger charge is -2.38. The molecule has 0 aromatic heterocycles. The van der Waals surface area contributed by atoms with Crippen LogP contribution >= 0.6 is 0 Å². The largest absolute Gasteiger partial charge is 0.398 e. The Morgan fingerprint density at radius 2 is 0.629 bits per heavy atom. The molecular weight excluding hydrogens is 877 g/mol. The fourth-order valence-corrected chi connectivity index (χ4v) is 23.5. The van der Waals surface area contributed by atoms with Crippen LogP contribution in [0, 0.1) is 22.9 Å². The fourth-order valence-electron chi connectivity index (χ4n) is 13.1. The van der Waals surface area contributed by atoms with Crippen LogP contribution in [0.1, 0.15) is 94.2 Å². The summed E-state index contributed by atoms with van der Waals surface area (Å²) in [5.74, 6) is 7.56. The predicted molar refractivity (Wildman–Crippen MR) is 316 cm³/mol. The van der Waals surface area contributed by atoms with Crippen molar-refractivity contribution in [2.24, 2.45) is 0 Å². The van der Waals surface area contributed by atoms with Crippen LogP contribution in [0.25, 0.3) is 86.9 Å². The van der Waals surface area contributed by atoms with Gasteiger partial charge in [0.1, 0.15) is 16.1 Å². The number of hydrogen-bond donors (Lipinski definition) is 2. The van der Waals surface area contributed by atoms with Gasteiger partial charge in [0.05, 0.1) is 0 Å². The second kappa shape index (κ2) is 19.0. The molecule has 0 aliphatic carbocycles. The zero-order valence-corrected chi connectivity index (χ0v) is 45.5. The van der Waals surface area contributed by atoms with E-state index in [0.29, 0.717) is 33.2 Å². The second-order valence-electron chi connectivity index (χ2n) is 21.8. The molecule has 0 unspecified atom stereocenters. The van der Waals surface area contributed by atoms with Crippen LogP contribution in [0.4, 0.5) is 11.4 Å². The molecule has 0 radical (unpaired) electrons. The van der Waals surface area contributed by atoms with Crippen molar-refractivity contribution in [3.05, 3.63) is 157 Å². The first-order valence-corrected chi connectivity index (χ1v) is 30.1. The summed E-state index contributed by atoms with van der Waals surface area (Å²) in [4.78, 5) is 0. The van der Waals surface area contributed by atoms with Crippen molar-refractivity contribution in [1.82, 2.24) is 0 Å². The molecule has 10 aromatic carbocycles. The highest BCUT2D eigenvalue weighted by molar-refractivity contribution is 6.91. The molecule has 0 saturated carbocycles. The standard InChI is InChI=1S/2C33H35NSi/c2*1-21(2)35(22(3)4,23(5)6)19-18-27-20-26-15-14-24-10-9-11-25-16-17-29(33(26)31(24)25)32(27)28-12-7-8-13-30(28)34/h2*7-17,20-23H,34H2,1-6H3. The molecule has 0 spiro atoms. The van der Waals surface area contributed by atoms with Gasteiger partial charge in [-0.15, -0.1) is 11.1 Å². The molecule has 0 amide bonds. The third kappa shape index (κ3) is 8.00. The normalized spacial score (nSPS) is 12.4. The summed E-state index contributed by atoms with van der Waals surface area (Å²) >= 11 is 0. The molecule has 0 fully saturated rings. The van der Waals surface area contributed by atoms with Gasteiger partial charge in [-0.05, 0) is 122 Å². The van der Waals surface area contributed by atoms with E-state index in [1.807, 2.05) is 24.3 Å². The summed E-state index contributed by atoms with van der Waals surface area (Å²) in [6.07, 6.45) is 0. The van der Waals surface area contributed by atoms with E-state index in [9.17, 15) is 0 Å². The quantitative estimate of drug-likeness (QED) is 0.0690. The highest BCUT2D eigenvalue weighted by atomic mass is 28.3. The van der Waals surface area contributed by atoms with Gasteiger partial charge in [0.2, 0.25) is 0 Å². The molecule has 0 bridgehead atoms. The summed E-state index contributed by atoms with van der Waals surface area (Å²) in [6.45, 7) is 28.5. The van der Waals surface area contributed by atoms with Gasteiger partial charge in [-0.25, -0.2) is 0 Å². The van der Waals surface area contributed by atoms with Crippen LogP contribution < -0.4 is 11.5 Å². The first-order valence-electron chi connectivity index (χ1n) is 25.7. The number of benzene rings is 10. The van der Waals surface area contributed by atoms with Gasteiger partial charge in [-0.1, -0.05) is 216 Å². The van der Waals surface area contributed by atoms with Crippen molar-refractivity contribution >= 4 is 92.2 Å². The molecule has 10 aromatic rings. The van der Waals surface area contributed by atoms with Gasteiger partial charge in [-0.2, -0.15) is 0 Å². The second-order valence-corrected chi connectivity index (χ2v) is 32.9. The van der Waals surface area contributed by atoms with Crippen molar-refractivity contribution in [2.45, 2.75) is 116 Å². The molecule has 0 saturated heterocycles. The number of rotatable bonds is 8. The van der Waals surface area contributed by atoms with Gasteiger partial charge in [0.15, 0.2) is 0 Å². The van der Waals surface area contributed by atoms with E-state index in [0.717, 1.165) is 33.6 Å². The van der Waals surface area contributed by atoms with E-state index < -0.39 is 16.1 Å². The number of para-hydroxylation sites is 2. The summed E-state index contributed by atoms with van der Waals surface area (Å²) in [7, 11) is -3.77. The van der Waals surface area contributed by atoms with E-state index in [1.54, 1.807) is 0 Å². The average molecular weight is 947 g/mol. The number of nitrogen functional groups attached to an aromatic ring is 2. The molecule has 0 heterocycles. The molecule has 0 aliphatic heterocycles. The Balaban J connectivity index is 0.000000174. The molecule has 0 aliphatic rings. The summed E-state index contributed by atoms with van der Waals surface area (Å²) in [6, 6.07) is 52.2. The molecule has 0 atom stereocenters. The lowest BCUT2D eigenvalue weighted by molar-refractivity contribution is 0.838. The minimum atomic E-state index is -1.89. The third-order valence-corrected chi connectivity index (χ3v) is 28.9. The first kappa shape index (κ1) is 48.5. The smallest absolute Gasteiger partial charge is 0.146 e. The number of nitrogens with two attached hydrogens (primary N) is 2. The predicted octanol–water partition coefficient (Wildman–Crippen LogP) is 18.8. The Hall–Kier alpha value is -6.57. The van der Waals surface area contributed by atoms with Crippen LogP contribution in [0.15, 0.2) is 146 Å². The van der Waals surface area contributed by atoms with Crippen molar-refractivity contribution < 1.29 is 0 Å². The fraction of sp³-hybridized carbons (Fsp3) is 0.273. The Labute approximate surface area is 419 Å². The monoisotopic (exact) mass is 947 g/mol. The zero-order valence-electron chi connectivity index (χ0n) is 43.5. The SMILES string of the molecule is CC(C)[Si](C#Cc1cc2ccc3cccc4ccc(c1-c1ccccc1N)c2c34)(C(C)C)C(C)C.CC(C)[Si](C#Cc1cc2ccc3cccc4ccc(c1-c1ccccc1N)c2c34)(C(C)C)C(C)C. The average Bonchev–Trinajstić information content (AvgIpc) is 3.33. The van der Waals surface area contributed by atoms with Gasteiger partial charge in [0, 0.05) is 44.8 Å². The van der Waals surface area contributed by atoms with Crippen molar-refractivity contribution in [1.29, 1.82) is 0 Å². The maximum absolute atomic E-state index is 6.58. The molecular formula is C66H70N2Si2. The van der Waals surface area contributed by atoms with Gasteiger partial charge in [-0.3, -0.25) is 0 Å². The van der Waals surface area contributed by atoms with E-state index in [2.05, 4.69) is 227 Å². The summed E-state index contributed by atoms with van der Waals surface area (Å²) in [5, 5.41) is 15.3. The zero-order chi connectivity index (χ0) is 49.8. The topological polar surface area (TPSA) is 52.0 Å². The first-order chi connectivity index (χ1) is 33.5. The third-order valence-electron chi connectivity index (χ3n) is 16.3. The Morgan fingerprint density at radius 3 is 0.943 bits per heavy atom. The van der Waals surface area contributed by atoms with Crippen LogP contribution in [-0.4, -0.2) is 16.1 Å². The van der Waals surface area contributed by atoms with Gasteiger partial charge < -0.3 is 11.5 Å². The molecule has 2 nitrogen and oxygen atoms in total. The highest BCUT2D eigenvalue weighted by Gasteiger charge is 2.43. The van der Waals surface area contributed by atoms with Crippen molar-refractivity contribution in [3.8, 4) is 45.2 Å². The summed E-state index contributed by atoms with van der Waals surface area (Å²) in [5.41, 5.74) is 32.9. The molecule has 352 valence electrons. The maximum Gasteiger partial charge on any atom is 0.146 e. The molecule has 10 rings (SSSR count). The van der Waals surface area contributed by atoms with Gasteiger partial charge >= 0.3 is 0 Å². The van der Waals surface area contributed by atoms with Crippen LogP contribution in [-0.2, 0) is 0 Å². The van der Waals surface area contributed by atoms with E-state index in [1.165, 1.54) is 75.8 Å². The minimum Gasteiger partial charge on any atom is -0.398 e. The van der Waals surface area contributed by atoms with E-state index in [4.69, 9.17) is 11.5 Å². The van der Waals surface area contributed by atoms with Crippen LogP contribution in [0.5, 0.6) is 0 Å². The Bertz CT molecular complexity index is 3360. The number of anilines is 2. The Morgan fingerprint density at radius 1 is 0.329 bits per heavy atom. The van der Waals surface area contributed by atoms with Crippen molar-refractivity contribution in [2.75, 3.05) is 11.5 Å². The summed E-state index contributed by atoms with van der Waals surface area (Å²) < 4.78 is 0. The van der Waals surface area contributed by atoms with E-state index in [-0.39, 0.29) is 0 Å². The lowest BCUT2D eigenvalue weighted by Crippen LogP contribution is -2.43. The molecule has 70 heavy (non-hydrogen) atoms. The lowest BCUT2D eigenvalue weighted by atomic mass is 9.86. The van der Waals surface area contributed by atoms with E-state index >= 15 is 0 Å². The molecule has 4 N–H and O–H groups in total. The van der Waals surface area contributed by atoms with Gasteiger partial charge in [0.25, 0.3) is 0 Å².